The van der Waals surface area contributed by atoms with Gasteiger partial charge in [0.25, 0.3) is 0 Å². The molecule has 2 aromatic carbocycles. The van der Waals surface area contributed by atoms with E-state index in [9.17, 15) is 4.79 Å². The molecule has 0 bridgehead atoms. The Hall–Kier alpha value is -2.87. The first-order valence-electron chi connectivity index (χ1n) is 8.09. The molecule has 3 aromatic rings. The molecule has 0 saturated heterocycles. The summed E-state index contributed by atoms with van der Waals surface area (Å²) >= 11 is 1.31. The van der Waals surface area contributed by atoms with Crippen molar-refractivity contribution < 1.29 is 9.53 Å². The van der Waals surface area contributed by atoms with E-state index >= 15 is 0 Å². The van der Waals surface area contributed by atoms with Crippen molar-refractivity contribution >= 4 is 17.7 Å². The van der Waals surface area contributed by atoms with Gasteiger partial charge < -0.3 is 10.1 Å². The molecule has 0 radical (unpaired) electrons. The van der Waals surface area contributed by atoms with Crippen LogP contribution in [0.15, 0.2) is 59.8 Å². The Labute approximate surface area is 155 Å². The van der Waals surface area contributed by atoms with Crippen LogP contribution in [0, 0.1) is 0 Å². The predicted octanol–water partition coefficient (Wildman–Crippen LogP) is 2.47. The zero-order valence-electron chi connectivity index (χ0n) is 14.5. The minimum absolute atomic E-state index is 0.0940. The number of nitrogens with one attached hydrogen (secondary N) is 1. The van der Waals surface area contributed by atoms with E-state index in [1.807, 2.05) is 61.5 Å². The molecule has 1 heterocycles. The van der Waals surface area contributed by atoms with Crippen molar-refractivity contribution in [3.05, 3.63) is 60.2 Å². The molecule has 0 spiro atoms. The number of tetrazole rings is 1. The number of aromatic nitrogens is 4. The summed E-state index contributed by atoms with van der Waals surface area (Å²) in [6.45, 7) is 2.23. The van der Waals surface area contributed by atoms with E-state index in [4.69, 9.17) is 4.74 Å². The molecule has 1 atom stereocenters. The number of carbonyl (C=O) groups is 1. The summed E-state index contributed by atoms with van der Waals surface area (Å²) in [6.07, 6.45) is 0. The number of para-hydroxylation sites is 2. The van der Waals surface area contributed by atoms with Crippen molar-refractivity contribution in [1.29, 1.82) is 0 Å². The Bertz CT molecular complexity index is 869. The largest absolute Gasteiger partial charge is 0.496 e. The minimum Gasteiger partial charge on any atom is -0.496 e. The van der Waals surface area contributed by atoms with Crippen LogP contribution in [-0.4, -0.2) is 38.5 Å². The van der Waals surface area contributed by atoms with Gasteiger partial charge in [-0.3, -0.25) is 4.79 Å². The number of carbonyl (C=O) groups excluding carboxylic acids is 1. The summed E-state index contributed by atoms with van der Waals surface area (Å²) in [5, 5.41) is 14.9. The Morgan fingerprint density at radius 2 is 1.92 bits per heavy atom. The number of benzene rings is 2. The quantitative estimate of drug-likeness (QED) is 0.644. The molecule has 0 aliphatic rings. The summed E-state index contributed by atoms with van der Waals surface area (Å²) in [5.41, 5.74) is 1.77. The average Bonchev–Trinajstić information content (AvgIpc) is 3.15. The molecule has 1 aromatic heterocycles. The van der Waals surface area contributed by atoms with Gasteiger partial charge in [-0.1, -0.05) is 48.2 Å². The van der Waals surface area contributed by atoms with E-state index in [0.717, 1.165) is 17.0 Å². The van der Waals surface area contributed by atoms with Gasteiger partial charge in [-0.05, 0) is 35.5 Å². The summed E-state index contributed by atoms with van der Waals surface area (Å²) in [7, 11) is 1.61. The molecule has 1 N–H and O–H groups in total. The summed E-state index contributed by atoms with van der Waals surface area (Å²) in [5.74, 6) is 0.657. The maximum atomic E-state index is 12.4. The lowest BCUT2D eigenvalue weighted by atomic mass is 10.2. The highest BCUT2D eigenvalue weighted by atomic mass is 32.2. The van der Waals surface area contributed by atoms with Crippen LogP contribution < -0.4 is 10.1 Å². The molecular formula is C18H19N5O2S. The monoisotopic (exact) mass is 369 g/mol. The lowest BCUT2D eigenvalue weighted by Gasteiger charge is -2.13. The average molecular weight is 369 g/mol. The zero-order valence-corrected chi connectivity index (χ0v) is 15.3. The summed E-state index contributed by atoms with van der Waals surface area (Å²) < 4.78 is 6.92. The van der Waals surface area contributed by atoms with Crippen LogP contribution in [0.25, 0.3) is 5.69 Å². The van der Waals surface area contributed by atoms with E-state index in [0.29, 0.717) is 11.7 Å². The number of amides is 1. The summed E-state index contributed by atoms with van der Waals surface area (Å²) in [4.78, 5) is 12.4. The molecule has 26 heavy (non-hydrogen) atoms. The molecule has 0 fully saturated rings. The van der Waals surface area contributed by atoms with E-state index in [2.05, 4.69) is 20.8 Å². The highest BCUT2D eigenvalue weighted by Crippen LogP contribution is 2.23. The summed E-state index contributed by atoms with van der Waals surface area (Å²) in [6, 6.07) is 17.2. The SMILES string of the molecule is COc1ccccc1CNC(=O)C(C)Sc1nnnn1-c1ccccc1. The molecule has 8 heteroatoms. The van der Waals surface area contributed by atoms with Crippen molar-refractivity contribution in [2.24, 2.45) is 0 Å². The van der Waals surface area contributed by atoms with Crippen molar-refractivity contribution in [1.82, 2.24) is 25.5 Å². The first-order chi connectivity index (χ1) is 12.7. The van der Waals surface area contributed by atoms with Gasteiger partial charge in [0.15, 0.2) is 0 Å². The highest BCUT2D eigenvalue weighted by molar-refractivity contribution is 8.00. The van der Waals surface area contributed by atoms with E-state index in [-0.39, 0.29) is 11.2 Å². The second-order valence-corrected chi connectivity index (χ2v) is 6.81. The lowest BCUT2D eigenvalue weighted by molar-refractivity contribution is -0.120. The minimum atomic E-state index is -0.349. The number of hydrogen-bond acceptors (Lipinski definition) is 6. The number of nitrogens with zero attached hydrogens (tertiary/aromatic N) is 4. The molecule has 0 saturated carbocycles. The van der Waals surface area contributed by atoms with Gasteiger partial charge in [0, 0.05) is 12.1 Å². The van der Waals surface area contributed by atoms with Crippen LogP contribution >= 0.6 is 11.8 Å². The smallest absolute Gasteiger partial charge is 0.233 e. The number of thioether (sulfide) groups is 1. The molecule has 0 aliphatic carbocycles. The Balaban J connectivity index is 1.63. The maximum absolute atomic E-state index is 12.4. The third-order valence-electron chi connectivity index (χ3n) is 3.74. The van der Waals surface area contributed by atoms with Gasteiger partial charge in [0.05, 0.1) is 18.0 Å². The van der Waals surface area contributed by atoms with Crippen LogP contribution in [-0.2, 0) is 11.3 Å². The molecule has 1 amide bonds. The standard InChI is InChI=1S/C18H19N5O2S/c1-13(17(24)19-12-14-8-6-7-11-16(14)25-2)26-18-20-21-22-23(18)15-9-4-3-5-10-15/h3-11,13H,12H2,1-2H3,(H,19,24). The fourth-order valence-corrected chi connectivity index (χ4v) is 3.20. The van der Waals surface area contributed by atoms with Crippen LogP contribution in [0.2, 0.25) is 0 Å². The fraction of sp³-hybridized carbons (Fsp3) is 0.222. The van der Waals surface area contributed by atoms with Crippen LogP contribution in [0.3, 0.4) is 0 Å². The molecule has 1 unspecified atom stereocenters. The van der Waals surface area contributed by atoms with Crippen LogP contribution in [0.1, 0.15) is 12.5 Å². The maximum Gasteiger partial charge on any atom is 0.233 e. The van der Waals surface area contributed by atoms with E-state index < -0.39 is 0 Å². The van der Waals surface area contributed by atoms with Gasteiger partial charge in [0.2, 0.25) is 11.1 Å². The molecule has 3 rings (SSSR count). The Morgan fingerprint density at radius 1 is 1.19 bits per heavy atom. The highest BCUT2D eigenvalue weighted by Gasteiger charge is 2.19. The van der Waals surface area contributed by atoms with Gasteiger partial charge in [-0.25, -0.2) is 0 Å². The Morgan fingerprint density at radius 3 is 2.69 bits per heavy atom. The fourth-order valence-electron chi connectivity index (χ4n) is 2.37. The van der Waals surface area contributed by atoms with Gasteiger partial charge >= 0.3 is 0 Å². The zero-order chi connectivity index (χ0) is 18.4. The number of hydrogen-bond donors (Lipinski definition) is 1. The third-order valence-corrected chi connectivity index (χ3v) is 4.77. The van der Waals surface area contributed by atoms with Crippen molar-refractivity contribution in [3.63, 3.8) is 0 Å². The first kappa shape index (κ1) is 17.9. The topological polar surface area (TPSA) is 81.9 Å². The number of ether oxygens (including phenoxy) is 1. The van der Waals surface area contributed by atoms with Crippen LogP contribution in [0.4, 0.5) is 0 Å². The third kappa shape index (κ3) is 4.20. The van der Waals surface area contributed by atoms with Crippen molar-refractivity contribution in [2.45, 2.75) is 23.9 Å². The second-order valence-electron chi connectivity index (χ2n) is 5.50. The predicted molar refractivity (Wildman–Crippen MR) is 99.3 cm³/mol. The van der Waals surface area contributed by atoms with Gasteiger partial charge in [0.1, 0.15) is 5.75 Å². The van der Waals surface area contributed by atoms with Gasteiger partial charge in [-0.15, -0.1) is 5.10 Å². The number of rotatable bonds is 7. The van der Waals surface area contributed by atoms with Crippen molar-refractivity contribution in [3.8, 4) is 11.4 Å². The molecule has 134 valence electrons. The second kappa shape index (κ2) is 8.48. The normalized spacial score (nSPS) is 11.8. The van der Waals surface area contributed by atoms with Crippen LogP contribution in [0.5, 0.6) is 5.75 Å². The first-order valence-corrected chi connectivity index (χ1v) is 8.97. The Kier molecular flexibility index (Phi) is 5.85. The molecule has 7 nitrogen and oxygen atoms in total. The lowest BCUT2D eigenvalue weighted by Crippen LogP contribution is -2.30. The van der Waals surface area contributed by atoms with Gasteiger partial charge in [-0.2, -0.15) is 4.68 Å². The number of methoxy groups -OCH3 is 1. The van der Waals surface area contributed by atoms with Crippen molar-refractivity contribution in [2.75, 3.05) is 7.11 Å². The van der Waals surface area contributed by atoms with E-state index in [1.54, 1.807) is 11.8 Å². The molecule has 0 aliphatic heterocycles. The molecular weight excluding hydrogens is 350 g/mol. The van der Waals surface area contributed by atoms with E-state index in [1.165, 1.54) is 11.8 Å².